The molecule has 3 rings (SSSR count). The Kier molecular flexibility index (Phi) is 7.27. The Hall–Kier alpha value is -3.23. The third-order valence-corrected chi connectivity index (χ3v) is 6.44. The second-order valence-electron chi connectivity index (χ2n) is 6.25. The molecule has 0 spiro atoms. The molecule has 11 heteroatoms. The summed E-state index contributed by atoms with van der Waals surface area (Å²) in [5.74, 6) is 2.13. The van der Waals surface area contributed by atoms with Crippen LogP contribution in [0.25, 0.3) is 6.08 Å². The van der Waals surface area contributed by atoms with E-state index >= 15 is 0 Å². The van der Waals surface area contributed by atoms with Crippen molar-refractivity contribution < 1.29 is 33.0 Å². The van der Waals surface area contributed by atoms with Crippen LogP contribution in [0.3, 0.4) is 0 Å². The first-order chi connectivity index (χ1) is 15.3. The van der Waals surface area contributed by atoms with Gasteiger partial charge in [0.05, 0.1) is 25.2 Å². The van der Waals surface area contributed by atoms with Gasteiger partial charge in [-0.15, -0.1) is 6.42 Å². The molecule has 1 aliphatic rings. The summed E-state index contributed by atoms with van der Waals surface area (Å²) in [7, 11) is 2.68. The van der Waals surface area contributed by atoms with Crippen molar-refractivity contribution in [1.29, 1.82) is 0 Å². The van der Waals surface area contributed by atoms with Gasteiger partial charge in [-0.05, 0) is 61.7 Å². The van der Waals surface area contributed by atoms with E-state index in [-0.39, 0.29) is 30.4 Å². The number of carbonyl (C=O) groups excluding carboxylic acids is 3. The first kappa shape index (κ1) is 23.4. The lowest BCUT2D eigenvalue weighted by Crippen LogP contribution is -2.30. The summed E-state index contributed by atoms with van der Waals surface area (Å²) in [6.07, 6.45) is 6.74. The fourth-order valence-corrected chi connectivity index (χ4v) is 3.76. The molecule has 2 aromatic rings. The summed E-state index contributed by atoms with van der Waals surface area (Å²) in [4.78, 5) is 37.7. The average Bonchev–Trinajstić information content (AvgIpc) is 3.36. The molecule has 32 heavy (non-hydrogen) atoms. The van der Waals surface area contributed by atoms with Crippen molar-refractivity contribution in [3.8, 4) is 23.8 Å². The minimum atomic E-state index is -0.659. The van der Waals surface area contributed by atoms with Crippen molar-refractivity contribution in [1.82, 2.24) is 10.2 Å². The summed E-state index contributed by atoms with van der Waals surface area (Å²) < 4.78 is 21.9. The second-order valence-corrected chi connectivity index (χ2v) is 7.84. The highest BCUT2D eigenvalue weighted by Gasteiger charge is 2.34. The number of methoxy groups -OCH3 is 2. The number of halogens is 2. The van der Waals surface area contributed by atoms with E-state index in [1.54, 1.807) is 6.07 Å². The van der Waals surface area contributed by atoms with E-state index in [4.69, 9.17) is 20.3 Å². The standard InChI is InChI=1S/C21H16Br2N2O7/c1-4-7-31-18-15(29-2)9-11(16(22)17(18)23)8-13-19(26)25(21(28)24-13)10-12-5-6-14(32-12)20(27)30-3/h1,5-6,8-9H,7,10H2,2-3H3,(H,24,28)/b13-8-. The van der Waals surface area contributed by atoms with Crippen LogP contribution in [0.2, 0.25) is 0 Å². The Balaban J connectivity index is 1.87. The van der Waals surface area contributed by atoms with Crippen molar-refractivity contribution in [2.45, 2.75) is 6.54 Å². The average molecular weight is 568 g/mol. The van der Waals surface area contributed by atoms with Gasteiger partial charge < -0.3 is 23.9 Å². The SMILES string of the molecule is C#CCOc1c(OC)cc(/C=C2\NC(=O)N(Cc3ccc(C(=O)OC)o3)C2=O)c(Br)c1Br. The summed E-state index contributed by atoms with van der Waals surface area (Å²) >= 11 is 6.87. The van der Waals surface area contributed by atoms with Gasteiger partial charge in [-0.3, -0.25) is 9.69 Å². The van der Waals surface area contributed by atoms with Crippen molar-refractivity contribution >= 4 is 55.8 Å². The van der Waals surface area contributed by atoms with E-state index in [9.17, 15) is 14.4 Å². The lowest BCUT2D eigenvalue weighted by Gasteiger charge is -2.14. The summed E-state index contributed by atoms with van der Waals surface area (Å²) in [5.41, 5.74) is 0.583. The van der Waals surface area contributed by atoms with Gasteiger partial charge in [0.1, 0.15) is 18.1 Å². The van der Waals surface area contributed by atoms with Gasteiger partial charge in [0.15, 0.2) is 11.5 Å². The molecule has 1 saturated heterocycles. The number of esters is 1. The predicted molar refractivity (Wildman–Crippen MR) is 120 cm³/mol. The minimum Gasteiger partial charge on any atom is -0.493 e. The van der Waals surface area contributed by atoms with Gasteiger partial charge in [-0.1, -0.05) is 5.92 Å². The maximum atomic E-state index is 12.8. The number of carbonyl (C=O) groups is 3. The zero-order chi connectivity index (χ0) is 23.4. The van der Waals surface area contributed by atoms with Crippen molar-refractivity contribution in [2.24, 2.45) is 0 Å². The number of furan rings is 1. The number of nitrogens with one attached hydrogen (secondary N) is 1. The molecule has 0 bridgehead atoms. The Labute approximate surface area is 199 Å². The molecule has 1 aromatic heterocycles. The topological polar surface area (TPSA) is 107 Å². The number of imide groups is 1. The Bertz CT molecular complexity index is 1160. The largest absolute Gasteiger partial charge is 0.493 e. The van der Waals surface area contributed by atoms with Crippen LogP contribution in [-0.2, 0) is 16.1 Å². The second kappa shape index (κ2) is 9.93. The van der Waals surface area contributed by atoms with Crippen LogP contribution in [-0.4, -0.2) is 43.6 Å². The third kappa shape index (κ3) is 4.66. The third-order valence-electron chi connectivity index (χ3n) is 4.30. The fourth-order valence-electron chi connectivity index (χ4n) is 2.81. The Morgan fingerprint density at radius 3 is 2.69 bits per heavy atom. The normalized spacial score (nSPS) is 14.3. The molecule has 0 radical (unpaired) electrons. The van der Waals surface area contributed by atoms with Crippen LogP contribution < -0.4 is 14.8 Å². The highest BCUT2D eigenvalue weighted by Crippen LogP contribution is 2.43. The van der Waals surface area contributed by atoms with Gasteiger partial charge in [0.2, 0.25) is 5.76 Å². The molecule has 1 aliphatic heterocycles. The van der Waals surface area contributed by atoms with Crippen LogP contribution in [0.5, 0.6) is 11.5 Å². The molecule has 0 aliphatic carbocycles. The highest BCUT2D eigenvalue weighted by molar-refractivity contribution is 9.13. The number of ether oxygens (including phenoxy) is 3. The fraction of sp³-hybridized carbons (Fsp3) is 0.190. The number of rotatable bonds is 7. The molecule has 166 valence electrons. The van der Waals surface area contributed by atoms with E-state index < -0.39 is 17.9 Å². The smallest absolute Gasteiger partial charge is 0.373 e. The van der Waals surface area contributed by atoms with Gasteiger partial charge >= 0.3 is 12.0 Å². The molecule has 0 saturated carbocycles. The van der Waals surface area contributed by atoms with Crippen LogP contribution in [0.1, 0.15) is 21.9 Å². The molecule has 0 unspecified atom stereocenters. The minimum absolute atomic E-state index is 0.0293. The van der Waals surface area contributed by atoms with Crippen LogP contribution in [0.4, 0.5) is 4.79 Å². The molecule has 3 amide bonds. The first-order valence-electron chi connectivity index (χ1n) is 8.94. The Morgan fingerprint density at radius 1 is 1.28 bits per heavy atom. The maximum absolute atomic E-state index is 12.8. The van der Waals surface area contributed by atoms with Gasteiger partial charge in [0, 0.05) is 4.47 Å². The van der Waals surface area contributed by atoms with Gasteiger partial charge in [0.25, 0.3) is 5.91 Å². The van der Waals surface area contributed by atoms with Gasteiger partial charge in [-0.25, -0.2) is 9.59 Å². The van der Waals surface area contributed by atoms with E-state index in [1.165, 1.54) is 32.4 Å². The number of hydrogen-bond donors (Lipinski definition) is 1. The molecule has 0 atom stereocenters. The molecule has 9 nitrogen and oxygen atoms in total. The quantitative estimate of drug-likeness (QED) is 0.235. The molecule has 1 fully saturated rings. The number of urea groups is 1. The van der Waals surface area contributed by atoms with Crippen molar-refractivity contribution in [2.75, 3.05) is 20.8 Å². The summed E-state index contributed by atoms with van der Waals surface area (Å²) in [6, 6.07) is 3.89. The van der Waals surface area contributed by atoms with Crippen LogP contribution in [0.15, 0.2) is 37.3 Å². The molecule has 1 aromatic carbocycles. The van der Waals surface area contributed by atoms with E-state index in [1.807, 2.05) is 0 Å². The van der Waals surface area contributed by atoms with Crippen molar-refractivity contribution in [3.63, 3.8) is 0 Å². The first-order valence-corrected chi connectivity index (χ1v) is 10.5. The lowest BCUT2D eigenvalue weighted by molar-refractivity contribution is -0.123. The van der Waals surface area contributed by atoms with Crippen molar-refractivity contribution in [3.05, 3.63) is 49.9 Å². The zero-order valence-electron chi connectivity index (χ0n) is 16.9. The number of amides is 3. The summed E-state index contributed by atoms with van der Waals surface area (Å²) in [6.45, 7) is -0.123. The maximum Gasteiger partial charge on any atom is 0.373 e. The number of hydrogen-bond acceptors (Lipinski definition) is 7. The van der Waals surface area contributed by atoms with E-state index in [2.05, 4.69) is 47.8 Å². The molecular formula is C21H16Br2N2O7. The van der Waals surface area contributed by atoms with Crippen LogP contribution >= 0.6 is 31.9 Å². The number of terminal acetylenes is 1. The van der Waals surface area contributed by atoms with E-state index in [0.717, 1.165) is 4.90 Å². The van der Waals surface area contributed by atoms with Gasteiger partial charge in [-0.2, -0.15) is 0 Å². The predicted octanol–water partition coefficient (Wildman–Crippen LogP) is 3.70. The number of nitrogens with zero attached hydrogens (tertiary/aromatic N) is 1. The number of benzene rings is 1. The molecular weight excluding hydrogens is 552 g/mol. The zero-order valence-corrected chi connectivity index (χ0v) is 20.0. The lowest BCUT2D eigenvalue weighted by atomic mass is 10.1. The Morgan fingerprint density at radius 2 is 2.03 bits per heavy atom. The van der Waals surface area contributed by atoms with E-state index in [0.29, 0.717) is 26.0 Å². The molecule has 2 heterocycles. The molecule has 1 N–H and O–H groups in total. The highest BCUT2D eigenvalue weighted by atomic mass is 79.9. The monoisotopic (exact) mass is 566 g/mol. The summed E-state index contributed by atoms with van der Waals surface area (Å²) in [5, 5.41) is 2.53. The van der Waals surface area contributed by atoms with Crippen LogP contribution in [0, 0.1) is 12.3 Å².